The summed E-state index contributed by atoms with van der Waals surface area (Å²) >= 11 is 17.7. The van der Waals surface area contributed by atoms with Crippen LogP contribution in [-0.2, 0) is 6.54 Å². The molecular formula is C15H18Cl2N2S. The third kappa shape index (κ3) is 2.40. The van der Waals surface area contributed by atoms with E-state index in [2.05, 4.69) is 16.5 Å². The Morgan fingerprint density at radius 2 is 1.90 bits per heavy atom. The normalized spacial score (nSPS) is 17.9. The fourth-order valence-electron chi connectivity index (χ4n) is 3.39. The van der Waals surface area contributed by atoms with E-state index in [4.69, 9.17) is 35.4 Å². The molecule has 2 aromatic rings. The van der Waals surface area contributed by atoms with E-state index in [0.717, 1.165) is 22.3 Å². The smallest absolute Gasteiger partial charge is 0.178 e. The van der Waals surface area contributed by atoms with Crippen LogP contribution in [0.25, 0.3) is 11.0 Å². The first-order valence-corrected chi connectivity index (χ1v) is 8.29. The number of nitrogens with one attached hydrogen (secondary N) is 1. The largest absolute Gasteiger partial charge is 0.331 e. The summed E-state index contributed by atoms with van der Waals surface area (Å²) in [6.45, 7) is 3.26. The molecule has 3 rings (SSSR count). The van der Waals surface area contributed by atoms with Gasteiger partial charge >= 0.3 is 0 Å². The predicted octanol–water partition coefficient (Wildman–Crippen LogP) is 5.98. The van der Waals surface area contributed by atoms with Crippen molar-refractivity contribution in [3.63, 3.8) is 0 Å². The van der Waals surface area contributed by atoms with E-state index in [0.29, 0.717) is 15.5 Å². The number of halogens is 2. The predicted molar refractivity (Wildman–Crippen MR) is 88.3 cm³/mol. The number of aromatic nitrogens is 2. The van der Waals surface area contributed by atoms with Crippen molar-refractivity contribution >= 4 is 46.5 Å². The van der Waals surface area contributed by atoms with Gasteiger partial charge in [0.2, 0.25) is 0 Å². The van der Waals surface area contributed by atoms with Gasteiger partial charge in [0.1, 0.15) is 0 Å². The second kappa shape index (κ2) is 5.36. The van der Waals surface area contributed by atoms with Gasteiger partial charge in [0.15, 0.2) is 4.77 Å². The van der Waals surface area contributed by atoms with Gasteiger partial charge in [-0.25, -0.2) is 0 Å². The van der Waals surface area contributed by atoms with Crippen LogP contribution in [0.2, 0.25) is 10.0 Å². The molecule has 0 atom stereocenters. The summed E-state index contributed by atoms with van der Waals surface area (Å²) in [4.78, 5) is 3.25. The van der Waals surface area contributed by atoms with Crippen molar-refractivity contribution in [2.45, 2.75) is 45.6 Å². The Bertz CT molecular complexity index is 696. The first-order chi connectivity index (χ1) is 9.54. The summed E-state index contributed by atoms with van der Waals surface area (Å²) < 4.78 is 2.96. The van der Waals surface area contributed by atoms with Gasteiger partial charge in [-0.3, -0.25) is 0 Å². The number of hydrogen-bond acceptors (Lipinski definition) is 1. The molecule has 1 heterocycles. The van der Waals surface area contributed by atoms with Crippen LogP contribution in [0.5, 0.6) is 0 Å². The molecule has 0 amide bonds. The molecule has 1 saturated carbocycles. The van der Waals surface area contributed by atoms with Crippen molar-refractivity contribution in [2.75, 3.05) is 0 Å². The molecule has 0 saturated heterocycles. The second-order valence-corrected chi connectivity index (χ2v) is 7.06. The van der Waals surface area contributed by atoms with Crippen LogP contribution in [0, 0.1) is 10.2 Å². The van der Waals surface area contributed by atoms with Crippen molar-refractivity contribution in [1.29, 1.82) is 0 Å². The lowest BCUT2D eigenvalue weighted by atomic mass is 9.83. The molecule has 1 fully saturated rings. The zero-order valence-corrected chi connectivity index (χ0v) is 13.8. The van der Waals surface area contributed by atoms with E-state index in [9.17, 15) is 0 Å². The molecule has 0 unspecified atom stereocenters. The summed E-state index contributed by atoms with van der Waals surface area (Å²) in [6, 6.07) is 3.78. The van der Waals surface area contributed by atoms with Crippen LogP contribution < -0.4 is 0 Å². The molecule has 1 aliphatic carbocycles. The average Bonchev–Trinajstić information content (AvgIpc) is 2.99. The van der Waals surface area contributed by atoms with E-state index in [1.165, 1.54) is 32.1 Å². The molecule has 108 valence electrons. The van der Waals surface area contributed by atoms with Gasteiger partial charge in [0.25, 0.3) is 0 Å². The van der Waals surface area contributed by atoms with Crippen LogP contribution in [0.1, 0.15) is 39.0 Å². The minimum Gasteiger partial charge on any atom is -0.331 e. The van der Waals surface area contributed by atoms with Gasteiger partial charge < -0.3 is 9.55 Å². The Hall–Kier alpha value is -0.510. The molecule has 1 aromatic carbocycles. The van der Waals surface area contributed by atoms with Crippen molar-refractivity contribution < 1.29 is 0 Å². The molecular weight excluding hydrogens is 311 g/mol. The highest BCUT2D eigenvalue weighted by molar-refractivity contribution is 7.71. The Labute approximate surface area is 134 Å². The molecule has 2 nitrogen and oxygen atoms in total. The van der Waals surface area contributed by atoms with Crippen molar-refractivity contribution in [2.24, 2.45) is 5.41 Å². The van der Waals surface area contributed by atoms with E-state index in [1.54, 1.807) is 0 Å². The molecule has 0 bridgehead atoms. The monoisotopic (exact) mass is 328 g/mol. The van der Waals surface area contributed by atoms with Crippen molar-refractivity contribution in [3.8, 4) is 0 Å². The van der Waals surface area contributed by atoms with E-state index < -0.39 is 0 Å². The lowest BCUT2D eigenvalue weighted by Gasteiger charge is -2.28. The molecule has 5 heteroatoms. The SMILES string of the molecule is CCC1(Cn2c(=S)[nH]c3cc(Cl)c(Cl)cc32)CCCC1. The average molecular weight is 329 g/mol. The van der Waals surface area contributed by atoms with Gasteiger partial charge in [-0.15, -0.1) is 0 Å². The third-order valence-corrected chi connectivity index (χ3v) is 5.77. The van der Waals surface area contributed by atoms with Crippen LogP contribution >= 0.6 is 35.4 Å². The standard InChI is InChI=1S/C15H18Cl2N2S/c1-2-15(5-3-4-6-15)9-19-13-8-11(17)10(16)7-12(13)18-14(19)20/h7-8H,2-6,9H2,1H3,(H,18,20). The molecule has 20 heavy (non-hydrogen) atoms. The Balaban J connectivity index is 2.09. The fourth-order valence-corrected chi connectivity index (χ4v) is 3.99. The maximum atomic E-state index is 6.16. The first-order valence-electron chi connectivity index (χ1n) is 7.12. The zero-order chi connectivity index (χ0) is 14.3. The van der Waals surface area contributed by atoms with Crippen LogP contribution in [0.3, 0.4) is 0 Å². The highest BCUT2D eigenvalue weighted by atomic mass is 35.5. The lowest BCUT2D eigenvalue weighted by molar-refractivity contribution is 0.239. The highest BCUT2D eigenvalue weighted by Crippen LogP contribution is 2.43. The van der Waals surface area contributed by atoms with Crippen molar-refractivity contribution in [3.05, 3.63) is 26.9 Å². The minimum atomic E-state index is 0.388. The van der Waals surface area contributed by atoms with E-state index >= 15 is 0 Å². The number of imidazole rings is 1. The molecule has 1 N–H and O–H groups in total. The molecule has 0 spiro atoms. The van der Waals surface area contributed by atoms with Crippen LogP contribution in [0.15, 0.2) is 12.1 Å². The summed E-state index contributed by atoms with van der Waals surface area (Å²) in [5.74, 6) is 0. The number of nitrogens with zero attached hydrogens (tertiary/aromatic N) is 1. The highest BCUT2D eigenvalue weighted by Gasteiger charge is 2.33. The number of hydrogen-bond donors (Lipinski definition) is 1. The Morgan fingerprint density at radius 3 is 2.55 bits per heavy atom. The van der Waals surface area contributed by atoms with Crippen LogP contribution in [0.4, 0.5) is 0 Å². The molecule has 0 radical (unpaired) electrons. The topological polar surface area (TPSA) is 20.7 Å². The summed E-state index contributed by atoms with van der Waals surface area (Å²) in [5.41, 5.74) is 2.41. The lowest BCUT2D eigenvalue weighted by Crippen LogP contribution is -2.22. The third-order valence-electron chi connectivity index (χ3n) is 4.72. The summed E-state index contributed by atoms with van der Waals surface area (Å²) in [7, 11) is 0. The van der Waals surface area contributed by atoms with Crippen LogP contribution in [-0.4, -0.2) is 9.55 Å². The summed E-state index contributed by atoms with van der Waals surface area (Å²) in [5, 5.41) is 1.15. The van der Waals surface area contributed by atoms with Crippen molar-refractivity contribution in [1.82, 2.24) is 9.55 Å². The maximum absolute atomic E-state index is 6.16. The fraction of sp³-hybridized carbons (Fsp3) is 0.533. The minimum absolute atomic E-state index is 0.388. The Morgan fingerprint density at radius 1 is 1.25 bits per heavy atom. The van der Waals surface area contributed by atoms with Gasteiger partial charge in [-0.2, -0.15) is 0 Å². The number of fused-ring (bicyclic) bond motifs is 1. The van der Waals surface area contributed by atoms with Gasteiger partial charge in [-0.1, -0.05) is 43.0 Å². The molecule has 0 aliphatic heterocycles. The second-order valence-electron chi connectivity index (χ2n) is 5.86. The number of rotatable bonds is 3. The quantitative estimate of drug-likeness (QED) is 0.687. The molecule has 1 aliphatic rings. The van der Waals surface area contributed by atoms with E-state index in [-0.39, 0.29) is 0 Å². The number of H-pyrrole nitrogens is 1. The maximum Gasteiger partial charge on any atom is 0.178 e. The van der Waals surface area contributed by atoms with Gasteiger partial charge in [0.05, 0.1) is 21.1 Å². The van der Waals surface area contributed by atoms with Gasteiger partial charge in [-0.05, 0) is 49.0 Å². The van der Waals surface area contributed by atoms with Gasteiger partial charge in [0, 0.05) is 6.54 Å². The first kappa shape index (κ1) is 14.4. The number of aromatic amines is 1. The van der Waals surface area contributed by atoms with E-state index in [1.807, 2.05) is 12.1 Å². The zero-order valence-electron chi connectivity index (χ0n) is 11.5. The molecule has 1 aromatic heterocycles. The Kier molecular flexibility index (Phi) is 3.87. The number of benzene rings is 1. The summed E-state index contributed by atoms with van der Waals surface area (Å²) in [6.07, 6.45) is 6.44.